The molecule has 2 aliphatic heterocycles. The summed E-state index contributed by atoms with van der Waals surface area (Å²) in [6.45, 7) is 6.36. The van der Waals surface area contributed by atoms with Crippen molar-refractivity contribution in [2.45, 2.75) is 65.0 Å². The van der Waals surface area contributed by atoms with Crippen LogP contribution < -0.4 is 0 Å². The van der Waals surface area contributed by atoms with E-state index < -0.39 is 0 Å². The lowest BCUT2D eigenvalue weighted by atomic mass is 9.83. The molecule has 7 heteroatoms. The molecule has 0 radical (unpaired) electrons. The average Bonchev–Trinajstić information content (AvgIpc) is 3.11. The van der Waals surface area contributed by atoms with Crippen LogP contribution in [0.2, 0.25) is 0 Å². The molecule has 2 amide bonds. The summed E-state index contributed by atoms with van der Waals surface area (Å²) in [5.41, 5.74) is 2.38. The second-order valence-corrected chi connectivity index (χ2v) is 9.22. The highest BCUT2D eigenvalue weighted by atomic mass is 19.1. The van der Waals surface area contributed by atoms with Crippen molar-refractivity contribution in [2.75, 3.05) is 19.6 Å². The van der Waals surface area contributed by atoms with Gasteiger partial charge < -0.3 is 9.80 Å². The number of rotatable bonds is 5. The first-order valence-corrected chi connectivity index (χ1v) is 11.7. The molecule has 0 saturated carbocycles. The van der Waals surface area contributed by atoms with E-state index in [1.54, 1.807) is 22.9 Å². The second-order valence-electron chi connectivity index (χ2n) is 9.22. The van der Waals surface area contributed by atoms with E-state index in [0.717, 1.165) is 50.0 Å². The van der Waals surface area contributed by atoms with E-state index in [9.17, 15) is 14.0 Å². The number of halogens is 1. The van der Waals surface area contributed by atoms with Gasteiger partial charge in [-0.15, -0.1) is 0 Å². The number of benzene rings is 1. The molecular formula is C25H33FN4O2. The summed E-state index contributed by atoms with van der Waals surface area (Å²) in [7, 11) is 0. The zero-order valence-electron chi connectivity index (χ0n) is 19.1. The van der Waals surface area contributed by atoms with Crippen molar-refractivity contribution < 1.29 is 14.0 Å². The number of likely N-dealkylation sites (tertiary alicyclic amines) is 2. The molecule has 32 heavy (non-hydrogen) atoms. The summed E-state index contributed by atoms with van der Waals surface area (Å²) in [4.78, 5) is 29.8. The Morgan fingerprint density at radius 2 is 1.78 bits per heavy atom. The van der Waals surface area contributed by atoms with E-state index in [1.165, 1.54) is 6.07 Å². The second kappa shape index (κ2) is 9.84. The van der Waals surface area contributed by atoms with Crippen LogP contribution in [0.3, 0.4) is 0 Å². The predicted octanol–water partition coefficient (Wildman–Crippen LogP) is 3.50. The van der Waals surface area contributed by atoms with Crippen molar-refractivity contribution in [3.63, 3.8) is 0 Å². The minimum atomic E-state index is -0.316. The van der Waals surface area contributed by atoms with Crippen LogP contribution in [-0.2, 0) is 22.6 Å². The molecule has 0 N–H and O–H groups in total. The number of aryl methyl sites for hydroxylation is 2. The third-order valence-corrected chi connectivity index (χ3v) is 6.99. The van der Waals surface area contributed by atoms with Gasteiger partial charge in [-0.25, -0.2) is 4.39 Å². The van der Waals surface area contributed by atoms with Gasteiger partial charge in [-0.3, -0.25) is 14.3 Å². The summed E-state index contributed by atoms with van der Waals surface area (Å²) in [6.07, 6.45) is 5.02. The Hall–Kier alpha value is -2.70. The topological polar surface area (TPSA) is 58.4 Å². The normalized spacial score (nSPS) is 19.9. The van der Waals surface area contributed by atoms with Crippen LogP contribution in [-0.4, -0.2) is 57.1 Å². The number of aromatic nitrogens is 2. The highest BCUT2D eigenvalue weighted by molar-refractivity contribution is 5.79. The van der Waals surface area contributed by atoms with Crippen molar-refractivity contribution in [1.82, 2.24) is 19.6 Å². The molecular weight excluding hydrogens is 407 g/mol. The molecule has 0 aliphatic carbocycles. The Labute approximate surface area is 189 Å². The van der Waals surface area contributed by atoms with Crippen LogP contribution in [0.25, 0.3) is 0 Å². The molecule has 1 atom stereocenters. The standard InChI is InChI=1S/C25H33FN4O2/c1-18-15-19(2)30(27-18)17-25(32)28-13-10-20(11-14-28)23-9-5-6-12-29(23)24(31)16-21-7-3-4-8-22(21)26/h3-4,7-8,15,20,23H,5-6,9-14,16-17H2,1-2H3/t23-/m1/s1. The first kappa shape index (κ1) is 22.5. The Balaban J connectivity index is 1.35. The summed E-state index contributed by atoms with van der Waals surface area (Å²) in [6, 6.07) is 8.70. The van der Waals surface area contributed by atoms with E-state index in [-0.39, 0.29) is 36.6 Å². The summed E-state index contributed by atoms with van der Waals surface area (Å²) in [5, 5.41) is 4.40. The zero-order valence-corrected chi connectivity index (χ0v) is 19.1. The van der Waals surface area contributed by atoms with Gasteiger partial charge in [0.2, 0.25) is 11.8 Å². The van der Waals surface area contributed by atoms with Crippen LogP contribution in [0, 0.1) is 25.6 Å². The molecule has 1 aromatic carbocycles. The Bertz CT molecular complexity index is 965. The summed E-state index contributed by atoms with van der Waals surface area (Å²) in [5.74, 6) is 0.190. The molecule has 1 aromatic heterocycles. The number of carbonyl (C=O) groups is 2. The van der Waals surface area contributed by atoms with Crippen LogP contribution in [0.1, 0.15) is 49.1 Å². The summed E-state index contributed by atoms with van der Waals surface area (Å²) < 4.78 is 15.8. The SMILES string of the molecule is Cc1cc(C)n(CC(=O)N2CCC([C@H]3CCCCN3C(=O)Cc3ccccc3F)CC2)n1. The number of piperidine rings is 2. The molecule has 2 aliphatic rings. The van der Waals surface area contributed by atoms with Gasteiger partial charge >= 0.3 is 0 Å². The maximum atomic E-state index is 14.1. The van der Waals surface area contributed by atoms with Crippen molar-refractivity contribution in [1.29, 1.82) is 0 Å². The van der Waals surface area contributed by atoms with Crippen LogP contribution in [0.5, 0.6) is 0 Å². The fourth-order valence-corrected chi connectivity index (χ4v) is 5.26. The lowest BCUT2D eigenvalue weighted by Gasteiger charge is -2.44. The Kier molecular flexibility index (Phi) is 6.92. The van der Waals surface area contributed by atoms with Gasteiger partial charge in [-0.05, 0) is 69.6 Å². The van der Waals surface area contributed by atoms with E-state index in [0.29, 0.717) is 24.6 Å². The molecule has 0 bridgehead atoms. The van der Waals surface area contributed by atoms with Crippen molar-refractivity contribution in [2.24, 2.45) is 5.92 Å². The quantitative estimate of drug-likeness (QED) is 0.715. The maximum absolute atomic E-state index is 14.1. The smallest absolute Gasteiger partial charge is 0.244 e. The number of hydrogen-bond acceptors (Lipinski definition) is 3. The fraction of sp³-hybridized carbons (Fsp3) is 0.560. The van der Waals surface area contributed by atoms with Gasteiger partial charge in [-0.2, -0.15) is 5.10 Å². The van der Waals surface area contributed by atoms with E-state index in [1.807, 2.05) is 29.7 Å². The van der Waals surface area contributed by atoms with E-state index in [2.05, 4.69) is 5.10 Å². The summed E-state index contributed by atoms with van der Waals surface area (Å²) >= 11 is 0. The average molecular weight is 441 g/mol. The van der Waals surface area contributed by atoms with Gasteiger partial charge in [0.25, 0.3) is 0 Å². The predicted molar refractivity (Wildman–Crippen MR) is 120 cm³/mol. The Morgan fingerprint density at radius 1 is 1.03 bits per heavy atom. The minimum absolute atomic E-state index is 0.0165. The third kappa shape index (κ3) is 5.03. The van der Waals surface area contributed by atoms with Crippen LogP contribution in [0.15, 0.2) is 30.3 Å². The molecule has 0 unspecified atom stereocenters. The molecule has 4 rings (SSSR count). The highest BCUT2D eigenvalue weighted by Crippen LogP contribution is 2.31. The minimum Gasteiger partial charge on any atom is -0.341 e. The Morgan fingerprint density at radius 3 is 2.47 bits per heavy atom. The monoisotopic (exact) mass is 440 g/mol. The number of carbonyl (C=O) groups excluding carboxylic acids is 2. The van der Waals surface area contributed by atoms with Gasteiger partial charge in [0, 0.05) is 31.4 Å². The first-order valence-electron chi connectivity index (χ1n) is 11.7. The molecule has 6 nitrogen and oxygen atoms in total. The van der Waals surface area contributed by atoms with Gasteiger partial charge in [-0.1, -0.05) is 18.2 Å². The largest absolute Gasteiger partial charge is 0.341 e. The molecule has 3 heterocycles. The molecule has 2 fully saturated rings. The molecule has 172 valence electrons. The fourth-order valence-electron chi connectivity index (χ4n) is 5.26. The van der Waals surface area contributed by atoms with Crippen LogP contribution >= 0.6 is 0 Å². The first-order chi connectivity index (χ1) is 15.4. The lowest BCUT2D eigenvalue weighted by Crippen LogP contribution is -2.51. The number of nitrogens with zero attached hydrogens (tertiary/aromatic N) is 4. The van der Waals surface area contributed by atoms with Crippen molar-refractivity contribution in [3.8, 4) is 0 Å². The molecule has 2 saturated heterocycles. The molecule has 2 aromatic rings. The van der Waals surface area contributed by atoms with Crippen LogP contribution in [0.4, 0.5) is 4.39 Å². The van der Waals surface area contributed by atoms with Gasteiger partial charge in [0.05, 0.1) is 12.1 Å². The highest BCUT2D eigenvalue weighted by Gasteiger charge is 2.35. The number of hydrogen-bond donors (Lipinski definition) is 0. The van der Waals surface area contributed by atoms with Crippen molar-refractivity contribution in [3.05, 3.63) is 53.1 Å². The molecule has 0 spiro atoms. The number of amides is 2. The lowest BCUT2D eigenvalue weighted by molar-refractivity contribution is -0.138. The van der Waals surface area contributed by atoms with Gasteiger partial charge in [0.1, 0.15) is 12.4 Å². The third-order valence-electron chi connectivity index (χ3n) is 6.99. The van der Waals surface area contributed by atoms with Gasteiger partial charge in [0.15, 0.2) is 0 Å². The maximum Gasteiger partial charge on any atom is 0.244 e. The van der Waals surface area contributed by atoms with E-state index in [4.69, 9.17) is 0 Å². The van der Waals surface area contributed by atoms with E-state index >= 15 is 0 Å². The van der Waals surface area contributed by atoms with Crippen molar-refractivity contribution >= 4 is 11.8 Å². The zero-order chi connectivity index (χ0) is 22.7.